The normalized spacial score (nSPS) is 27.6. The van der Waals surface area contributed by atoms with Gasteiger partial charge in [-0.3, -0.25) is 0 Å². The highest BCUT2D eigenvalue weighted by Gasteiger charge is 2.58. The number of carbonyl (C=O) groups excluding carboxylic acids is 1. The average Bonchev–Trinajstić information content (AvgIpc) is 2.68. The van der Waals surface area contributed by atoms with Crippen molar-refractivity contribution in [3.05, 3.63) is 58.8 Å². The van der Waals surface area contributed by atoms with Crippen LogP contribution in [0.1, 0.15) is 37.7 Å². The molecule has 0 unspecified atom stereocenters. The molecule has 0 spiro atoms. The van der Waals surface area contributed by atoms with Crippen molar-refractivity contribution in [3.8, 4) is 12.1 Å². The second-order valence-electron chi connectivity index (χ2n) is 6.63. The van der Waals surface area contributed by atoms with Gasteiger partial charge in [0.1, 0.15) is 6.07 Å². The zero-order valence-corrected chi connectivity index (χ0v) is 14.7. The van der Waals surface area contributed by atoms with E-state index in [4.69, 9.17) is 10.5 Å². The molecule has 132 valence electrons. The van der Waals surface area contributed by atoms with Crippen LogP contribution in [0.4, 0.5) is 0 Å². The van der Waals surface area contributed by atoms with E-state index in [2.05, 4.69) is 12.1 Å². The van der Waals surface area contributed by atoms with Crippen LogP contribution in [-0.2, 0) is 9.53 Å². The van der Waals surface area contributed by atoms with Crippen LogP contribution in [0.2, 0.25) is 0 Å². The number of hydrogen-bond acceptors (Lipinski definition) is 5. The summed E-state index contributed by atoms with van der Waals surface area (Å²) in [6, 6.07) is 13.8. The van der Waals surface area contributed by atoms with Crippen LogP contribution in [0.15, 0.2) is 53.3 Å². The van der Waals surface area contributed by atoms with Gasteiger partial charge >= 0.3 is 5.97 Å². The predicted octanol–water partition coefficient (Wildman–Crippen LogP) is 3.32. The minimum absolute atomic E-state index is 0.0132. The number of esters is 1. The molecule has 0 amide bonds. The number of fused-ring (bicyclic) bond motifs is 1. The van der Waals surface area contributed by atoms with Gasteiger partial charge in [0, 0.05) is 5.92 Å². The number of carbonyl (C=O) groups is 1. The molecule has 0 fully saturated rings. The van der Waals surface area contributed by atoms with Gasteiger partial charge in [-0.05, 0) is 43.2 Å². The summed E-state index contributed by atoms with van der Waals surface area (Å²) in [7, 11) is 0. The first-order valence-corrected chi connectivity index (χ1v) is 8.86. The molecule has 0 heterocycles. The Morgan fingerprint density at radius 3 is 2.69 bits per heavy atom. The third-order valence-corrected chi connectivity index (χ3v) is 5.38. The minimum atomic E-state index is -1.69. The van der Waals surface area contributed by atoms with E-state index in [9.17, 15) is 15.3 Å². The maximum absolute atomic E-state index is 13.0. The fourth-order valence-electron chi connectivity index (χ4n) is 4.28. The van der Waals surface area contributed by atoms with Gasteiger partial charge in [-0.1, -0.05) is 36.4 Å². The molecule has 0 aliphatic heterocycles. The molecular weight excluding hydrogens is 326 g/mol. The molecule has 3 rings (SSSR count). The summed E-state index contributed by atoms with van der Waals surface area (Å²) in [5.74, 6) is -1.26. The van der Waals surface area contributed by atoms with E-state index < -0.39 is 17.3 Å². The van der Waals surface area contributed by atoms with Gasteiger partial charge in [0.15, 0.2) is 0 Å². The number of nitrogens with two attached hydrogens (primary N) is 1. The molecule has 3 atom stereocenters. The van der Waals surface area contributed by atoms with E-state index in [1.165, 1.54) is 0 Å². The van der Waals surface area contributed by atoms with E-state index in [0.717, 1.165) is 30.4 Å². The van der Waals surface area contributed by atoms with Gasteiger partial charge in [0.25, 0.3) is 0 Å². The summed E-state index contributed by atoms with van der Waals surface area (Å²) < 4.78 is 5.27. The van der Waals surface area contributed by atoms with Crippen LogP contribution >= 0.6 is 0 Å². The lowest BCUT2D eigenvalue weighted by Crippen LogP contribution is -2.49. The number of allylic oxidation sites excluding steroid dienone is 3. The number of rotatable bonds is 3. The highest BCUT2D eigenvalue weighted by Crippen LogP contribution is 2.56. The molecule has 2 N–H and O–H groups in total. The maximum Gasteiger partial charge on any atom is 0.333 e. The second kappa shape index (κ2) is 7.06. The highest BCUT2D eigenvalue weighted by molar-refractivity contribution is 5.87. The third kappa shape index (κ3) is 2.48. The minimum Gasteiger partial charge on any atom is -0.464 e. The van der Waals surface area contributed by atoms with Crippen molar-refractivity contribution in [2.24, 2.45) is 17.1 Å². The first kappa shape index (κ1) is 17.8. The van der Waals surface area contributed by atoms with Crippen molar-refractivity contribution in [2.45, 2.75) is 32.1 Å². The standard InChI is InChI=1S/C21H21N3O2/c1-2-26-20(25)21(13-23)18(14-8-4-3-5-9-14)16-11-7-6-10-15(16)17(12-22)19(21)24/h3-5,8-10,16,18H,2,6-7,11,24H2,1H3/t16-,18-,21-/m0/s1. The largest absolute Gasteiger partial charge is 0.464 e. The molecule has 0 aromatic heterocycles. The van der Waals surface area contributed by atoms with Gasteiger partial charge in [-0.2, -0.15) is 10.5 Å². The van der Waals surface area contributed by atoms with E-state index in [0.29, 0.717) is 0 Å². The van der Waals surface area contributed by atoms with Gasteiger partial charge in [0.05, 0.1) is 23.9 Å². The summed E-state index contributed by atoms with van der Waals surface area (Å²) >= 11 is 0. The van der Waals surface area contributed by atoms with Gasteiger partial charge in [-0.15, -0.1) is 0 Å². The number of ether oxygens (including phenoxy) is 1. The number of nitrogens with zero attached hydrogens (tertiary/aromatic N) is 2. The Bertz CT molecular complexity index is 857. The number of hydrogen-bond donors (Lipinski definition) is 1. The zero-order chi connectivity index (χ0) is 18.7. The number of nitriles is 2. The SMILES string of the molecule is CCOC(=O)[C@]1(C#N)C(N)=C(C#N)C2=CCCC[C@@H]2[C@@H]1c1ccccc1. The molecule has 2 aliphatic carbocycles. The van der Waals surface area contributed by atoms with Gasteiger partial charge < -0.3 is 10.5 Å². The smallest absolute Gasteiger partial charge is 0.333 e. The molecule has 0 bridgehead atoms. The van der Waals surface area contributed by atoms with Crippen molar-refractivity contribution in [1.82, 2.24) is 0 Å². The molecular formula is C21H21N3O2. The Hall–Kier alpha value is -3.05. The summed E-state index contributed by atoms with van der Waals surface area (Å²) in [5.41, 5.74) is 6.64. The fraction of sp³-hybridized carbons (Fsp3) is 0.381. The van der Waals surface area contributed by atoms with Crippen molar-refractivity contribution in [3.63, 3.8) is 0 Å². The summed E-state index contributed by atoms with van der Waals surface area (Å²) in [5, 5.41) is 19.9. The Balaban J connectivity index is 2.34. The lowest BCUT2D eigenvalue weighted by atomic mass is 9.56. The second-order valence-corrected chi connectivity index (χ2v) is 6.63. The van der Waals surface area contributed by atoms with Crippen molar-refractivity contribution < 1.29 is 9.53 Å². The average molecular weight is 347 g/mol. The van der Waals surface area contributed by atoms with Crippen LogP contribution in [-0.4, -0.2) is 12.6 Å². The van der Waals surface area contributed by atoms with Crippen LogP contribution in [0.3, 0.4) is 0 Å². The third-order valence-electron chi connectivity index (χ3n) is 5.38. The summed E-state index contributed by atoms with van der Waals surface area (Å²) in [6.07, 6.45) is 4.64. The monoisotopic (exact) mass is 347 g/mol. The molecule has 5 nitrogen and oxygen atoms in total. The molecule has 5 heteroatoms. The quantitative estimate of drug-likeness (QED) is 0.845. The lowest BCUT2D eigenvalue weighted by molar-refractivity contribution is -0.152. The molecule has 2 aliphatic rings. The Morgan fingerprint density at radius 1 is 1.35 bits per heavy atom. The molecule has 26 heavy (non-hydrogen) atoms. The van der Waals surface area contributed by atoms with Crippen LogP contribution in [0, 0.1) is 34.0 Å². The van der Waals surface area contributed by atoms with E-state index >= 15 is 0 Å². The Kier molecular flexibility index (Phi) is 4.82. The molecule has 0 radical (unpaired) electrons. The Labute approximate surface area is 153 Å². The maximum atomic E-state index is 13.0. The molecule has 0 saturated carbocycles. The van der Waals surface area contributed by atoms with Crippen LogP contribution in [0.5, 0.6) is 0 Å². The first-order chi connectivity index (χ1) is 12.6. The summed E-state index contributed by atoms with van der Waals surface area (Å²) in [4.78, 5) is 13.0. The van der Waals surface area contributed by atoms with Gasteiger partial charge in [-0.25, -0.2) is 4.79 Å². The predicted molar refractivity (Wildman–Crippen MR) is 96.1 cm³/mol. The lowest BCUT2D eigenvalue weighted by Gasteiger charge is -2.45. The zero-order valence-electron chi connectivity index (χ0n) is 14.7. The number of benzene rings is 1. The molecule has 1 aromatic carbocycles. The van der Waals surface area contributed by atoms with Gasteiger partial charge in [0.2, 0.25) is 5.41 Å². The molecule has 1 aromatic rings. The fourth-order valence-corrected chi connectivity index (χ4v) is 4.28. The van der Waals surface area contributed by atoms with E-state index in [-0.39, 0.29) is 23.8 Å². The van der Waals surface area contributed by atoms with Crippen molar-refractivity contribution in [1.29, 1.82) is 10.5 Å². The molecule has 0 saturated heterocycles. The van der Waals surface area contributed by atoms with E-state index in [1.807, 2.05) is 36.4 Å². The first-order valence-electron chi connectivity index (χ1n) is 8.86. The Morgan fingerprint density at radius 2 is 2.08 bits per heavy atom. The van der Waals surface area contributed by atoms with E-state index in [1.54, 1.807) is 6.92 Å². The van der Waals surface area contributed by atoms with Crippen LogP contribution in [0.25, 0.3) is 0 Å². The van der Waals surface area contributed by atoms with Crippen LogP contribution < -0.4 is 5.73 Å². The summed E-state index contributed by atoms with van der Waals surface area (Å²) in [6.45, 7) is 1.84. The highest BCUT2D eigenvalue weighted by atomic mass is 16.5. The van der Waals surface area contributed by atoms with Crippen molar-refractivity contribution in [2.75, 3.05) is 6.61 Å². The topological polar surface area (TPSA) is 99.9 Å². The van der Waals surface area contributed by atoms with Crippen molar-refractivity contribution >= 4 is 5.97 Å².